The number of aliphatic imine (C=N–C) groups is 1. The monoisotopic (exact) mass is 432 g/mol. The predicted octanol–water partition coefficient (Wildman–Crippen LogP) is 3.93. The van der Waals surface area contributed by atoms with Crippen molar-refractivity contribution in [1.82, 2.24) is 20.0 Å². The second-order valence-corrected chi connectivity index (χ2v) is 8.15. The summed E-state index contributed by atoms with van der Waals surface area (Å²) in [6.45, 7) is 10.1. The molecule has 0 spiro atoms. The van der Waals surface area contributed by atoms with Crippen LogP contribution < -0.4 is 10.6 Å². The van der Waals surface area contributed by atoms with Crippen LogP contribution in [0.3, 0.4) is 0 Å². The third-order valence-electron chi connectivity index (χ3n) is 4.59. The topological polar surface area (TPSA) is 74.6 Å². The summed E-state index contributed by atoms with van der Waals surface area (Å²) in [5.74, 6) is 1.00. The first-order chi connectivity index (χ1) is 14.2. The molecule has 1 heterocycles. The van der Waals surface area contributed by atoms with Crippen molar-refractivity contribution < 1.29 is 4.79 Å². The Bertz CT molecular complexity index is 890. The molecule has 0 saturated heterocycles. The first kappa shape index (κ1) is 23.7. The molecule has 164 valence electrons. The third-order valence-corrected chi connectivity index (χ3v) is 4.90. The van der Waals surface area contributed by atoms with E-state index in [1.54, 1.807) is 0 Å². The molecule has 0 aliphatic rings. The fourth-order valence-corrected chi connectivity index (χ4v) is 3.44. The predicted molar refractivity (Wildman–Crippen MR) is 124 cm³/mol. The Balaban J connectivity index is 1.98. The normalized spacial score (nSPS) is 11.7. The molecule has 0 saturated carbocycles. The lowest BCUT2D eigenvalue weighted by Crippen LogP contribution is -2.38. The number of amides is 1. The van der Waals surface area contributed by atoms with Gasteiger partial charge in [0.25, 0.3) is 0 Å². The van der Waals surface area contributed by atoms with Crippen LogP contribution in [0.2, 0.25) is 5.02 Å². The molecule has 2 aromatic rings. The van der Waals surface area contributed by atoms with E-state index < -0.39 is 0 Å². The fourth-order valence-electron chi connectivity index (χ4n) is 3.16. The summed E-state index contributed by atoms with van der Waals surface area (Å²) >= 11 is 6.19. The number of aryl methyl sites for hydroxylation is 2. The van der Waals surface area contributed by atoms with Gasteiger partial charge in [-0.1, -0.05) is 31.5 Å². The highest BCUT2D eigenvalue weighted by atomic mass is 35.5. The summed E-state index contributed by atoms with van der Waals surface area (Å²) < 4.78 is 1.85. The lowest BCUT2D eigenvalue weighted by atomic mass is 10.1. The molecule has 0 aliphatic heterocycles. The zero-order valence-corrected chi connectivity index (χ0v) is 19.5. The van der Waals surface area contributed by atoms with E-state index in [1.807, 2.05) is 57.0 Å². The quantitative estimate of drug-likeness (QED) is 0.489. The first-order valence-corrected chi connectivity index (χ1v) is 10.7. The Hall–Kier alpha value is -2.54. The molecule has 2 rings (SSSR count). The summed E-state index contributed by atoms with van der Waals surface area (Å²) in [7, 11) is 3.93. The maximum atomic E-state index is 12.3. The van der Waals surface area contributed by atoms with E-state index in [2.05, 4.69) is 39.5 Å². The van der Waals surface area contributed by atoms with Crippen LogP contribution in [-0.2, 0) is 18.4 Å². The van der Waals surface area contributed by atoms with E-state index >= 15 is 0 Å². The Labute approximate surface area is 184 Å². The van der Waals surface area contributed by atoms with Gasteiger partial charge >= 0.3 is 0 Å². The number of halogens is 1. The highest BCUT2D eigenvalue weighted by molar-refractivity contribution is 6.33. The molecule has 1 aromatic carbocycles. The molecular formula is C22H33ClN6O. The van der Waals surface area contributed by atoms with Gasteiger partial charge in [0, 0.05) is 45.4 Å². The van der Waals surface area contributed by atoms with E-state index in [9.17, 15) is 4.79 Å². The van der Waals surface area contributed by atoms with Gasteiger partial charge in [-0.15, -0.1) is 0 Å². The second kappa shape index (κ2) is 11.0. The lowest BCUT2D eigenvalue weighted by Gasteiger charge is -2.22. The summed E-state index contributed by atoms with van der Waals surface area (Å²) in [6.07, 6.45) is 2.32. The molecule has 1 amide bonds. The van der Waals surface area contributed by atoms with E-state index in [4.69, 9.17) is 11.6 Å². The number of aromatic nitrogens is 2. The van der Waals surface area contributed by atoms with Crippen LogP contribution in [0.5, 0.6) is 0 Å². The van der Waals surface area contributed by atoms with Gasteiger partial charge in [-0.2, -0.15) is 5.10 Å². The van der Waals surface area contributed by atoms with Crippen molar-refractivity contribution in [2.45, 2.75) is 46.6 Å². The van der Waals surface area contributed by atoms with Gasteiger partial charge in [0.1, 0.15) is 0 Å². The highest BCUT2D eigenvalue weighted by Gasteiger charge is 2.15. The SMILES string of the molecule is CCNC(=NCCC(=O)Nc1ccc(C)cc1Cl)N(C)Cc1cn(C)nc1C(C)C. The van der Waals surface area contributed by atoms with Crippen LogP contribution >= 0.6 is 11.6 Å². The minimum Gasteiger partial charge on any atom is -0.357 e. The molecular weight excluding hydrogens is 400 g/mol. The maximum Gasteiger partial charge on any atom is 0.226 e. The molecule has 0 unspecified atom stereocenters. The van der Waals surface area contributed by atoms with Gasteiger partial charge < -0.3 is 15.5 Å². The number of nitrogens with one attached hydrogen (secondary N) is 2. The number of guanidine groups is 1. The van der Waals surface area contributed by atoms with Crippen LogP contribution in [0.15, 0.2) is 29.4 Å². The average molecular weight is 433 g/mol. The number of carbonyl (C=O) groups excluding carboxylic acids is 1. The summed E-state index contributed by atoms with van der Waals surface area (Å²) in [5.41, 5.74) is 3.94. The Morgan fingerprint density at radius 2 is 2.10 bits per heavy atom. The Morgan fingerprint density at radius 1 is 1.37 bits per heavy atom. The lowest BCUT2D eigenvalue weighted by molar-refractivity contribution is -0.116. The zero-order valence-electron chi connectivity index (χ0n) is 18.8. The van der Waals surface area contributed by atoms with E-state index in [0.717, 1.165) is 23.8 Å². The molecule has 0 fully saturated rings. The largest absolute Gasteiger partial charge is 0.357 e. The second-order valence-electron chi connectivity index (χ2n) is 7.74. The Morgan fingerprint density at radius 3 is 2.73 bits per heavy atom. The van der Waals surface area contributed by atoms with E-state index in [1.165, 1.54) is 5.56 Å². The van der Waals surface area contributed by atoms with Gasteiger partial charge in [0.15, 0.2) is 5.96 Å². The summed E-state index contributed by atoms with van der Waals surface area (Å²) in [4.78, 5) is 19.0. The van der Waals surface area contributed by atoms with Gasteiger partial charge in [-0.3, -0.25) is 14.5 Å². The molecule has 0 aliphatic carbocycles. The maximum absolute atomic E-state index is 12.3. The molecule has 7 nitrogen and oxygen atoms in total. The highest BCUT2D eigenvalue weighted by Crippen LogP contribution is 2.22. The molecule has 0 radical (unpaired) electrons. The van der Waals surface area contributed by atoms with Crippen molar-refractivity contribution >= 4 is 29.2 Å². The van der Waals surface area contributed by atoms with E-state index in [-0.39, 0.29) is 12.3 Å². The minimum absolute atomic E-state index is 0.114. The fraction of sp³-hybridized carbons (Fsp3) is 0.500. The molecule has 0 atom stereocenters. The third kappa shape index (κ3) is 6.76. The first-order valence-electron chi connectivity index (χ1n) is 10.3. The van der Waals surface area contributed by atoms with Crippen molar-refractivity contribution in [2.24, 2.45) is 12.0 Å². The van der Waals surface area contributed by atoms with Gasteiger partial charge in [0.2, 0.25) is 5.91 Å². The molecule has 2 N–H and O–H groups in total. The number of hydrogen-bond donors (Lipinski definition) is 2. The number of hydrogen-bond acceptors (Lipinski definition) is 3. The van der Waals surface area contributed by atoms with Crippen LogP contribution in [0.4, 0.5) is 5.69 Å². The molecule has 1 aromatic heterocycles. The zero-order chi connectivity index (χ0) is 22.3. The van der Waals surface area contributed by atoms with Crippen molar-refractivity contribution in [1.29, 1.82) is 0 Å². The number of rotatable bonds is 8. The van der Waals surface area contributed by atoms with Crippen molar-refractivity contribution in [3.05, 3.63) is 46.2 Å². The van der Waals surface area contributed by atoms with Crippen molar-refractivity contribution in [2.75, 3.05) is 25.5 Å². The van der Waals surface area contributed by atoms with Crippen LogP contribution in [0.1, 0.15) is 49.9 Å². The number of benzene rings is 1. The summed E-state index contributed by atoms with van der Waals surface area (Å²) in [5, 5.41) is 11.3. The van der Waals surface area contributed by atoms with Gasteiger partial charge in [-0.05, 0) is 37.5 Å². The summed E-state index contributed by atoms with van der Waals surface area (Å²) in [6, 6.07) is 5.57. The van der Waals surface area contributed by atoms with Gasteiger partial charge in [0.05, 0.1) is 22.9 Å². The van der Waals surface area contributed by atoms with Crippen molar-refractivity contribution in [3.63, 3.8) is 0 Å². The number of nitrogens with zero attached hydrogens (tertiary/aromatic N) is 4. The molecule has 30 heavy (non-hydrogen) atoms. The smallest absolute Gasteiger partial charge is 0.226 e. The van der Waals surface area contributed by atoms with Crippen LogP contribution in [-0.4, -0.2) is 46.7 Å². The van der Waals surface area contributed by atoms with Crippen LogP contribution in [0, 0.1) is 6.92 Å². The number of anilines is 1. The van der Waals surface area contributed by atoms with Crippen LogP contribution in [0.25, 0.3) is 0 Å². The minimum atomic E-state index is -0.114. The standard InChI is InChI=1S/C22H33ClN6O/c1-7-24-22(28(5)13-17-14-29(6)27-21(17)15(2)3)25-11-10-20(30)26-19-9-8-16(4)12-18(19)23/h8-9,12,14-15H,7,10-11,13H2,1-6H3,(H,24,25)(H,26,30). The van der Waals surface area contributed by atoms with E-state index in [0.29, 0.717) is 29.7 Å². The molecule has 8 heteroatoms. The van der Waals surface area contributed by atoms with Crippen molar-refractivity contribution in [3.8, 4) is 0 Å². The number of carbonyl (C=O) groups is 1. The average Bonchev–Trinajstić information content (AvgIpc) is 3.03. The Kier molecular flexibility index (Phi) is 8.72. The molecule has 0 bridgehead atoms. The van der Waals surface area contributed by atoms with Gasteiger partial charge in [-0.25, -0.2) is 0 Å².